The molecule has 220 valence electrons. The predicted molar refractivity (Wildman–Crippen MR) is 171 cm³/mol. The second-order valence-corrected chi connectivity index (χ2v) is 11.0. The van der Waals surface area contributed by atoms with Gasteiger partial charge in [-0.1, -0.05) is 102 Å². The maximum atomic E-state index is 14.2. The number of ether oxygens (including phenoxy) is 3. The first-order valence-corrected chi connectivity index (χ1v) is 15.1. The first-order chi connectivity index (χ1) is 21.6. The average Bonchev–Trinajstić information content (AvgIpc) is 3.38. The highest BCUT2D eigenvalue weighted by Crippen LogP contribution is 2.35. The minimum atomic E-state index is -0.766. The van der Waals surface area contributed by atoms with E-state index in [1.807, 2.05) is 115 Å². The first kappa shape index (κ1) is 28.9. The van der Waals surface area contributed by atoms with Crippen LogP contribution >= 0.6 is 11.3 Å². The van der Waals surface area contributed by atoms with Crippen molar-refractivity contribution < 1.29 is 19.0 Å². The molecular formula is C36H30N2O5S. The molecule has 1 aliphatic heterocycles. The van der Waals surface area contributed by atoms with Crippen LogP contribution < -0.4 is 24.4 Å². The van der Waals surface area contributed by atoms with E-state index < -0.39 is 12.0 Å². The summed E-state index contributed by atoms with van der Waals surface area (Å²) >= 11 is 1.27. The van der Waals surface area contributed by atoms with Crippen molar-refractivity contribution in [3.63, 3.8) is 0 Å². The molecule has 0 radical (unpaired) electrons. The van der Waals surface area contributed by atoms with Gasteiger partial charge in [-0.15, -0.1) is 0 Å². The highest BCUT2D eigenvalue weighted by molar-refractivity contribution is 7.07. The third-order valence-electron chi connectivity index (χ3n) is 7.25. The Morgan fingerprint density at radius 3 is 2.30 bits per heavy atom. The van der Waals surface area contributed by atoms with Crippen molar-refractivity contribution in [2.24, 2.45) is 4.99 Å². The van der Waals surface area contributed by atoms with Gasteiger partial charge in [-0.3, -0.25) is 9.36 Å². The molecule has 4 aromatic carbocycles. The van der Waals surface area contributed by atoms with Crippen molar-refractivity contribution >= 4 is 29.1 Å². The Balaban J connectivity index is 1.53. The molecular weight excluding hydrogens is 572 g/mol. The van der Waals surface area contributed by atoms with Crippen LogP contribution in [0.25, 0.3) is 11.8 Å². The number of aromatic nitrogens is 1. The van der Waals surface area contributed by atoms with E-state index in [0.29, 0.717) is 38.7 Å². The second-order valence-electron chi connectivity index (χ2n) is 10.0. The summed E-state index contributed by atoms with van der Waals surface area (Å²) in [6.45, 7) is 2.34. The van der Waals surface area contributed by atoms with E-state index in [-0.39, 0.29) is 12.2 Å². The van der Waals surface area contributed by atoms with E-state index in [9.17, 15) is 9.59 Å². The van der Waals surface area contributed by atoms with Crippen LogP contribution in [-0.2, 0) is 16.1 Å². The van der Waals surface area contributed by atoms with Crippen molar-refractivity contribution in [2.45, 2.75) is 19.6 Å². The molecule has 0 aliphatic carbocycles. The number of rotatable bonds is 9. The number of thiazole rings is 1. The van der Waals surface area contributed by atoms with Gasteiger partial charge in [0.15, 0.2) is 4.80 Å². The highest BCUT2D eigenvalue weighted by atomic mass is 32.1. The Morgan fingerprint density at radius 1 is 0.909 bits per heavy atom. The molecule has 0 N–H and O–H groups in total. The number of hydrogen-bond donors (Lipinski definition) is 0. The molecule has 1 aliphatic rings. The molecule has 2 heterocycles. The van der Waals surface area contributed by atoms with Gasteiger partial charge < -0.3 is 14.2 Å². The summed E-state index contributed by atoms with van der Waals surface area (Å²) in [6, 6.07) is 33.6. The number of benzene rings is 4. The molecule has 0 saturated carbocycles. The summed E-state index contributed by atoms with van der Waals surface area (Å²) in [5, 5.41) is 0. The molecule has 1 atom stereocenters. The van der Waals surface area contributed by atoms with Crippen LogP contribution in [0.1, 0.15) is 35.2 Å². The number of methoxy groups -OCH3 is 1. The number of hydrogen-bond acceptors (Lipinski definition) is 7. The number of carbonyl (C=O) groups excluding carboxylic acids is 1. The fourth-order valence-corrected chi connectivity index (χ4v) is 6.14. The van der Waals surface area contributed by atoms with Crippen LogP contribution in [0.3, 0.4) is 0 Å². The molecule has 0 amide bonds. The van der Waals surface area contributed by atoms with E-state index in [0.717, 1.165) is 22.3 Å². The van der Waals surface area contributed by atoms with Gasteiger partial charge in [0.25, 0.3) is 5.56 Å². The van der Waals surface area contributed by atoms with Gasteiger partial charge in [0, 0.05) is 11.1 Å². The van der Waals surface area contributed by atoms with Gasteiger partial charge in [0.1, 0.15) is 18.1 Å². The lowest BCUT2D eigenvalue weighted by Gasteiger charge is -2.26. The summed E-state index contributed by atoms with van der Waals surface area (Å²) in [5.41, 5.74) is 3.81. The second kappa shape index (κ2) is 13.0. The molecule has 1 aromatic heterocycles. The summed E-state index contributed by atoms with van der Waals surface area (Å²) in [6.07, 6.45) is 1.82. The van der Waals surface area contributed by atoms with E-state index in [1.165, 1.54) is 11.3 Å². The Labute approximate surface area is 258 Å². The van der Waals surface area contributed by atoms with Gasteiger partial charge in [-0.05, 0) is 42.3 Å². The molecule has 0 bridgehead atoms. The Hall–Kier alpha value is -5.21. The number of carbonyl (C=O) groups is 1. The van der Waals surface area contributed by atoms with Crippen molar-refractivity contribution in [1.82, 2.24) is 4.57 Å². The molecule has 0 fully saturated rings. The zero-order chi connectivity index (χ0) is 30.5. The Kier molecular flexibility index (Phi) is 8.52. The Bertz CT molecular complexity index is 2000. The van der Waals surface area contributed by atoms with E-state index in [2.05, 4.69) is 0 Å². The van der Waals surface area contributed by atoms with Gasteiger partial charge in [0.05, 0.1) is 35.6 Å². The van der Waals surface area contributed by atoms with E-state index in [4.69, 9.17) is 19.2 Å². The molecule has 7 nitrogen and oxygen atoms in total. The molecule has 44 heavy (non-hydrogen) atoms. The quantitative estimate of drug-likeness (QED) is 0.208. The summed E-state index contributed by atoms with van der Waals surface area (Å²) in [5.74, 6) is 0.800. The maximum absolute atomic E-state index is 14.2. The van der Waals surface area contributed by atoms with Crippen molar-refractivity contribution in [3.05, 3.63) is 157 Å². The van der Waals surface area contributed by atoms with Gasteiger partial charge in [-0.2, -0.15) is 0 Å². The largest absolute Gasteiger partial charge is 0.497 e. The normalized spacial score (nSPS) is 14.5. The van der Waals surface area contributed by atoms with Gasteiger partial charge in [0.2, 0.25) is 0 Å². The zero-order valence-corrected chi connectivity index (χ0v) is 25.1. The van der Waals surface area contributed by atoms with Crippen LogP contribution in [0.4, 0.5) is 0 Å². The van der Waals surface area contributed by atoms with Crippen LogP contribution in [0.5, 0.6) is 11.5 Å². The van der Waals surface area contributed by atoms with Crippen molar-refractivity contribution in [1.29, 1.82) is 0 Å². The molecule has 0 spiro atoms. The van der Waals surface area contributed by atoms with Gasteiger partial charge >= 0.3 is 5.97 Å². The smallest absolute Gasteiger partial charge is 0.338 e. The van der Waals surface area contributed by atoms with Gasteiger partial charge in [-0.25, -0.2) is 9.79 Å². The number of esters is 1. The maximum Gasteiger partial charge on any atom is 0.338 e. The number of fused-ring (bicyclic) bond motifs is 1. The minimum Gasteiger partial charge on any atom is -0.497 e. The van der Waals surface area contributed by atoms with Crippen LogP contribution in [-0.4, -0.2) is 24.3 Å². The Morgan fingerprint density at radius 2 is 1.59 bits per heavy atom. The third-order valence-corrected chi connectivity index (χ3v) is 8.23. The lowest BCUT2D eigenvalue weighted by atomic mass is 9.93. The van der Waals surface area contributed by atoms with E-state index in [1.54, 1.807) is 18.6 Å². The SMILES string of the molecule is CCOC(=O)C1=C(c2ccccc2)N=c2s/c(=C/c3ccccc3OCc3ccccc3)c(=O)n2[C@H]1c1ccc(OC)cc1. The number of para-hydroxylation sites is 1. The van der Waals surface area contributed by atoms with Crippen molar-refractivity contribution in [2.75, 3.05) is 13.7 Å². The third kappa shape index (κ3) is 5.85. The minimum absolute atomic E-state index is 0.184. The topological polar surface area (TPSA) is 79.1 Å². The van der Waals surface area contributed by atoms with Crippen molar-refractivity contribution in [3.8, 4) is 11.5 Å². The highest BCUT2D eigenvalue weighted by Gasteiger charge is 2.35. The van der Waals surface area contributed by atoms with Crippen LogP contribution in [0.15, 0.2) is 125 Å². The summed E-state index contributed by atoms with van der Waals surface area (Å²) in [4.78, 5) is 33.3. The van der Waals surface area contributed by atoms with Crippen LogP contribution in [0, 0.1) is 0 Å². The number of nitrogens with zero attached hydrogens (tertiary/aromatic N) is 2. The molecule has 0 unspecified atom stereocenters. The average molecular weight is 603 g/mol. The fraction of sp³-hybridized carbons (Fsp3) is 0.139. The van der Waals surface area contributed by atoms with E-state index >= 15 is 0 Å². The fourth-order valence-electron chi connectivity index (χ4n) is 5.15. The molecule has 5 aromatic rings. The van der Waals surface area contributed by atoms with Crippen LogP contribution in [0.2, 0.25) is 0 Å². The monoisotopic (exact) mass is 602 g/mol. The summed E-state index contributed by atoms with van der Waals surface area (Å²) < 4.78 is 19.1. The zero-order valence-electron chi connectivity index (χ0n) is 24.3. The molecule has 8 heteroatoms. The lowest BCUT2D eigenvalue weighted by Crippen LogP contribution is -2.40. The predicted octanol–water partition coefficient (Wildman–Crippen LogP) is 5.52. The molecule has 0 saturated heterocycles. The lowest BCUT2D eigenvalue weighted by molar-refractivity contribution is -0.138. The molecule has 6 rings (SSSR count). The standard InChI is InChI=1S/C36H30N2O5S/c1-3-42-35(40)31-32(25-14-8-5-9-15-25)37-36-38(33(31)26-18-20-28(41-2)21-19-26)34(39)30(44-36)22-27-16-10-11-17-29(27)43-23-24-12-6-4-7-13-24/h4-22,33H,3,23H2,1-2H3/b30-22+/t33-/m0/s1. The first-order valence-electron chi connectivity index (χ1n) is 14.3. The summed E-state index contributed by atoms with van der Waals surface area (Å²) in [7, 11) is 1.59.